The van der Waals surface area contributed by atoms with Gasteiger partial charge in [0.1, 0.15) is 18.1 Å². The summed E-state index contributed by atoms with van der Waals surface area (Å²) in [6.45, 7) is 8.12. The van der Waals surface area contributed by atoms with Crippen LogP contribution in [0.2, 0.25) is 0 Å². The van der Waals surface area contributed by atoms with E-state index in [1.807, 2.05) is 35.9 Å². The number of ether oxygens (including phenoxy) is 2. The highest BCUT2D eigenvalue weighted by Gasteiger charge is 2.31. The summed E-state index contributed by atoms with van der Waals surface area (Å²) in [5.74, 6) is 1.69. The lowest BCUT2D eigenvalue weighted by Gasteiger charge is -2.43. The van der Waals surface area contributed by atoms with Crippen molar-refractivity contribution < 1.29 is 13.9 Å². The molecule has 2 aromatic carbocycles. The minimum absolute atomic E-state index is 0.259. The van der Waals surface area contributed by atoms with Crippen molar-refractivity contribution in [3.8, 4) is 11.4 Å². The summed E-state index contributed by atoms with van der Waals surface area (Å²) in [4.78, 5) is 13.3. The molecule has 0 atom stereocenters. The topological polar surface area (TPSA) is 67.5 Å². The van der Waals surface area contributed by atoms with Crippen molar-refractivity contribution in [3.63, 3.8) is 0 Å². The highest BCUT2D eigenvalue weighted by Crippen LogP contribution is 2.39. The van der Waals surface area contributed by atoms with Crippen molar-refractivity contribution in [2.75, 3.05) is 38.4 Å². The summed E-state index contributed by atoms with van der Waals surface area (Å²) in [5.41, 5.74) is 4.03. The van der Waals surface area contributed by atoms with Crippen molar-refractivity contribution in [2.24, 2.45) is 9.98 Å². The van der Waals surface area contributed by atoms with Gasteiger partial charge in [-0.2, -0.15) is 0 Å². The van der Waals surface area contributed by atoms with Crippen molar-refractivity contribution in [3.05, 3.63) is 71.8 Å². The van der Waals surface area contributed by atoms with Gasteiger partial charge in [-0.05, 0) is 56.1 Å². The molecule has 0 aliphatic carbocycles. The second-order valence-electron chi connectivity index (χ2n) is 7.92. The number of aryl methyl sites for hydroxylation is 1. The highest BCUT2D eigenvalue weighted by atomic mass is 19.1. The monoisotopic (exact) mass is 460 g/mol. The van der Waals surface area contributed by atoms with E-state index in [1.165, 1.54) is 12.1 Å². The zero-order chi connectivity index (χ0) is 23.7. The molecule has 0 spiro atoms. The summed E-state index contributed by atoms with van der Waals surface area (Å²) >= 11 is 0. The van der Waals surface area contributed by atoms with Gasteiger partial charge in [-0.25, -0.2) is 9.37 Å². The molecule has 0 unspecified atom stereocenters. The Labute approximate surface area is 197 Å². The normalized spacial score (nSPS) is 16.7. The quantitative estimate of drug-likeness (QED) is 0.535. The molecule has 3 aromatic rings. The van der Waals surface area contributed by atoms with Crippen LogP contribution in [0.4, 0.5) is 15.8 Å². The maximum Gasteiger partial charge on any atom is 0.185 e. The molecular weight excluding hydrogens is 435 g/mol. The molecule has 1 aromatic heterocycles. The molecule has 0 bridgehead atoms. The number of hydrogen-bond donors (Lipinski definition) is 0. The second-order valence-corrected chi connectivity index (χ2v) is 7.92. The van der Waals surface area contributed by atoms with Crippen LogP contribution >= 0.6 is 0 Å². The number of nitrogens with zero attached hydrogens (tertiary/aromatic N) is 6. The summed E-state index contributed by atoms with van der Waals surface area (Å²) in [6.07, 6.45) is 5.57. The lowest BCUT2D eigenvalue weighted by Crippen LogP contribution is -2.55. The molecule has 34 heavy (non-hydrogen) atoms. The number of hydrogen-bond acceptors (Lipinski definition) is 7. The SMILES string of the molecule is C=Nc1c(-n2cnc(C)c2)ccc(/C=C2\OCCN3C2=NCCN3c2ccc(F)cc2)c1OC. The summed E-state index contributed by atoms with van der Waals surface area (Å²) in [5, 5.41) is 4.18. The highest BCUT2D eigenvalue weighted by molar-refractivity contribution is 6.02. The lowest BCUT2D eigenvalue weighted by molar-refractivity contribution is 0.160. The van der Waals surface area contributed by atoms with Gasteiger partial charge >= 0.3 is 0 Å². The van der Waals surface area contributed by atoms with Crippen molar-refractivity contribution >= 4 is 30.0 Å². The van der Waals surface area contributed by atoms with Crippen LogP contribution in [0, 0.1) is 12.7 Å². The Balaban J connectivity index is 1.52. The molecule has 8 nitrogen and oxygen atoms in total. The fourth-order valence-electron chi connectivity index (χ4n) is 4.25. The number of fused-ring (bicyclic) bond motifs is 1. The van der Waals surface area contributed by atoms with Gasteiger partial charge < -0.3 is 14.0 Å². The first kappa shape index (κ1) is 21.7. The minimum Gasteiger partial charge on any atom is -0.494 e. The molecule has 0 amide bonds. The first-order valence-corrected chi connectivity index (χ1v) is 11.0. The smallest absolute Gasteiger partial charge is 0.185 e. The first-order valence-electron chi connectivity index (χ1n) is 11.0. The van der Waals surface area contributed by atoms with E-state index in [4.69, 9.17) is 14.5 Å². The average Bonchev–Trinajstić information content (AvgIpc) is 3.30. The van der Waals surface area contributed by atoms with Gasteiger partial charge in [0.2, 0.25) is 0 Å². The van der Waals surface area contributed by atoms with Gasteiger partial charge in [0.05, 0.1) is 50.1 Å². The van der Waals surface area contributed by atoms with Crippen LogP contribution in [-0.4, -0.2) is 60.5 Å². The number of rotatable bonds is 5. The van der Waals surface area contributed by atoms with Gasteiger partial charge in [0.15, 0.2) is 17.3 Å². The number of halogens is 1. The van der Waals surface area contributed by atoms with Crippen molar-refractivity contribution in [1.29, 1.82) is 0 Å². The number of morpholine rings is 1. The first-order chi connectivity index (χ1) is 16.6. The van der Waals surface area contributed by atoms with Gasteiger partial charge in [-0.3, -0.25) is 20.0 Å². The molecule has 0 saturated carbocycles. The van der Waals surface area contributed by atoms with Crippen LogP contribution in [0.3, 0.4) is 0 Å². The van der Waals surface area contributed by atoms with Crippen LogP contribution in [-0.2, 0) is 4.74 Å². The molecular formula is C25H25FN6O2. The van der Waals surface area contributed by atoms with E-state index in [0.717, 1.165) is 28.5 Å². The van der Waals surface area contributed by atoms with Gasteiger partial charge in [0.25, 0.3) is 0 Å². The fraction of sp³-hybridized carbons (Fsp3) is 0.240. The van der Waals surface area contributed by atoms with E-state index in [0.29, 0.717) is 43.4 Å². The standard InChI is InChI=1S/C25H25FN6O2/c1-17-15-30(16-29-17)21-9-4-18(24(33-3)23(21)27-2)14-22-25-28-10-11-31(32(25)12-13-34-22)20-7-5-19(26)6-8-20/h4-9,14-16H,2,10-13H2,1,3H3/b22-14-. The van der Waals surface area contributed by atoms with Gasteiger partial charge in [-0.15, -0.1) is 0 Å². The van der Waals surface area contributed by atoms with Crippen LogP contribution in [0.5, 0.6) is 5.75 Å². The number of aromatic nitrogens is 2. The van der Waals surface area contributed by atoms with Crippen LogP contribution in [0.1, 0.15) is 11.3 Å². The Morgan fingerprint density at radius 1 is 1.15 bits per heavy atom. The minimum atomic E-state index is -0.259. The number of benzene rings is 2. The Kier molecular flexibility index (Phi) is 5.75. The van der Waals surface area contributed by atoms with E-state index in [-0.39, 0.29) is 5.82 Å². The van der Waals surface area contributed by atoms with Crippen LogP contribution in [0.15, 0.2) is 64.7 Å². The Bertz CT molecular complexity index is 1280. The van der Waals surface area contributed by atoms with Crippen LogP contribution in [0.25, 0.3) is 11.8 Å². The van der Waals surface area contributed by atoms with E-state index >= 15 is 0 Å². The number of imidazole rings is 1. The Hall–Kier alpha value is -4.14. The molecule has 174 valence electrons. The van der Waals surface area contributed by atoms with Gasteiger partial charge in [0, 0.05) is 11.8 Å². The number of amidine groups is 1. The molecule has 2 aliphatic heterocycles. The average molecular weight is 461 g/mol. The number of methoxy groups -OCH3 is 1. The third-order valence-corrected chi connectivity index (χ3v) is 5.79. The summed E-state index contributed by atoms with van der Waals surface area (Å²) in [6, 6.07) is 10.4. The number of anilines is 1. The summed E-state index contributed by atoms with van der Waals surface area (Å²) < 4.78 is 27.1. The molecule has 5 rings (SSSR count). The van der Waals surface area contributed by atoms with Crippen molar-refractivity contribution in [2.45, 2.75) is 6.92 Å². The molecule has 3 heterocycles. The predicted octanol–water partition coefficient (Wildman–Crippen LogP) is 4.17. The fourth-order valence-corrected chi connectivity index (χ4v) is 4.25. The maximum atomic E-state index is 13.4. The summed E-state index contributed by atoms with van der Waals surface area (Å²) in [7, 11) is 1.61. The molecule has 9 heteroatoms. The lowest BCUT2D eigenvalue weighted by atomic mass is 10.1. The maximum absolute atomic E-state index is 13.4. The predicted molar refractivity (Wildman–Crippen MR) is 131 cm³/mol. The van der Waals surface area contributed by atoms with Crippen LogP contribution < -0.4 is 9.75 Å². The third kappa shape index (κ3) is 3.89. The van der Waals surface area contributed by atoms with E-state index < -0.39 is 0 Å². The Morgan fingerprint density at radius 3 is 2.68 bits per heavy atom. The zero-order valence-corrected chi connectivity index (χ0v) is 19.1. The number of aliphatic imine (C=N–C) groups is 2. The van der Waals surface area contributed by atoms with E-state index in [9.17, 15) is 4.39 Å². The largest absolute Gasteiger partial charge is 0.494 e. The third-order valence-electron chi connectivity index (χ3n) is 5.79. The van der Waals surface area contributed by atoms with E-state index in [1.54, 1.807) is 25.6 Å². The second kappa shape index (κ2) is 9.01. The molecule has 1 fully saturated rings. The Morgan fingerprint density at radius 2 is 1.97 bits per heavy atom. The van der Waals surface area contributed by atoms with Gasteiger partial charge in [-0.1, -0.05) is 0 Å². The van der Waals surface area contributed by atoms with Crippen molar-refractivity contribution in [1.82, 2.24) is 14.6 Å². The molecule has 0 radical (unpaired) electrons. The number of hydrazine groups is 1. The molecule has 0 N–H and O–H groups in total. The van der Waals surface area contributed by atoms with E-state index in [2.05, 4.69) is 26.7 Å². The molecule has 2 aliphatic rings. The molecule has 1 saturated heterocycles. The zero-order valence-electron chi connectivity index (χ0n) is 19.1.